The van der Waals surface area contributed by atoms with Crippen LogP contribution in [-0.4, -0.2) is 27.1 Å². The number of pyridine rings is 1. The number of anilines is 2. The van der Waals surface area contributed by atoms with E-state index in [9.17, 15) is 9.59 Å². The van der Waals surface area contributed by atoms with Crippen LogP contribution in [0, 0.1) is 0 Å². The summed E-state index contributed by atoms with van der Waals surface area (Å²) in [5, 5.41) is 14.2. The molecule has 2 amide bonds. The van der Waals surface area contributed by atoms with Gasteiger partial charge in [-0.3, -0.25) is 10.3 Å². The Morgan fingerprint density at radius 2 is 2.05 bits per heavy atom. The van der Waals surface area contributed by atoms with E-state index in [0.29, 0.717) is 5.13 Å². The van der Waals surface area contributed by atoms with Crippen molar-refractivity contribution in [2.24, 2.45) is 0 Å². The predicted octanol–water partition coefficient (Wildman–Crippen LogP) is 2.64. The molecule has 0 aliphatic rings. The molecule has 0 saturated heterocycles. The third kappa shape index (κ3) is 3.73. The molecular weight excluding hydrogens is 336 g/mol. The first-order valence-corrected chi connectivity index (χ1v) is 6.53. The van der Waals surface area contributed by atoms with E-state index in [4.69, 9.17) is 5.11 Å². The van der Waals surface area contributed by atoms with E-state index in [0.717, 1.165) is 3.79 Å². The fraction of sp³-hybridized carbons (Fsp3) is 0. The molecule has 0 atom stereocenters. The molecule has 98 valence electrons. The first kappa shape index (κ1) is 13.4. The Morgan fingerprint density at radius 1 is 1.26 bits per heavy atom. The lowest BCUT2D eigenvalue weighted by molar-refractivity contribution is 0.0696. The van der Waals surface area contributed by atoms with Crippen molar-refractivity contribution in [3.8, 4) is 0 Å². The topological polar surface area (TPSA) is 104 Å². The first-order valence-electron chi connectivity index (χ1n) is 4.92. The number of thiazole rings is 1. The van der Waals surface area contributed by atoms with Gasteiger partial charge in [-0.1, -0.05) is 11.3 Å². The Morgan fingerprint density at radius 3 is 2.68 bits per heavy atom. The number of carbonyl (C=O) groups is 2. The zero-order chi connectivity index (χ0) is 13.8. The number of urea groups is 1. The second-order valence-electron chi connectivity index (χ2n) is 3.32. The van der Waals surface area contributed by atoms with Gasteiger partial charge in [0.15, 0.2) is 5.13 Å². The van der Waals surface area contributed by atoms with E-state index < -0.39 is 12.0 Å². The summed E-state index contributed by atoms with van der Waals surface area (Å²) in [6.07, 6.45) is 4.11. The van der Waals surface area contributed by atoms with Crippen LogP contribution in [0.5, 0.6) is 0 Å². The number of halogens is 1. The summed E-state index contributed by atoms with van der Waals surface area (Å²) in [5.74, 6) is -1.11. The molecule has 0 bridgehead atoms. The van der Waals surface area contributed by atoms with E-state index in [2.05, 4.69) is 36.5 Å². The van der Waals surface area contributed by atoms with Crippen LogP contribution in [0.2, 0.25) is 0 Å². The number of rotatable bonds is 3. The summed E-state index contributed by atoms with van der Waals surface area (Å²) in [6, 6.07) is 0.790. The first-order chi connectivity index (χ1) is 9.04. The van der Waals surface area contributed by atoms with Gasteiger partial charge in [0.2, 0.25) is 0 Å². The van der Waals surface area contributed by atoms with Gasteiger partial charge in [0.1, 0.15) is 0 Å². The van der Waals surface area contributed by atoms with Gasteiger partial charge < -0.3 is 10.4 Å². The highest BCUT2D eigenvalue weighted by molar-refractivity contribution is 9.11. The Hall–Kier alpha value is -2.00. The van der Waals surface area contributed by atoms with Crippen molar-refractivity contribution in [1.29, 1.82) is 0 Å². The Kier molecular flexibility index (Phi) is 4.07. The highest BCUT2D eigenvalue weighted by atomic mass is 79.9. The minimum Gasteiger partial charge on any atom is -0.478 e. The van der Waals surface area contributed by atoms with Crippen LogP contribution in [0.4, 0.5) is 15.6 Å². The molecular formula is C10H7BrN4O3S. The van der Waals surface area contributed by atoms with Crippen LogP contribution < -0.4 is 10.6 Å². The van der Waals surface area contributed by atoms with Crippen LogP contribution in [0.15, 0.2) is 28.4 Å². The molecule has 0 spiro atoms. The average Bonchev–Trinajstić information content (AvgIpc) is 2.74. The van der Waals surface area contributed by atoms with Crippen molar-refractivity contribution in [3.63, 3.8) is 0 Å². The lowest BCUT2D eigenvalue weighted by Crippen LogP contribution is -2.19. The summed E-state index contributed by atoms with van der Waals surface area (Å²) in [7, 11) is 0. The van der Waals surface area contributed by atoms with Crippen molar-refractivity contribution in [1.82, 2.24) is 9.97 Å². The van der Waals surface area contributed by atoms with Gasteiger partial charge in [0, 0.05) is 6.20 Å². The zero-order valence-electron chi connectivity index (χ0n) is 9.25. The second kappa shape index (κ2) is 5.76. The molecule has 2 aromatic heterocycles. The minimum atomic E-state index is -1.11. The molecule has 3 N–H and O–H groups in total. The fourth-order valence-corrected chi connectivity index (χ4v) is 2.30. The molecule has 2 rings (SSSR count). The van der Waals surface area contributed by atoms with Gasteiger partial charge in [-0.15, -0.1) is 0 Å². The normalized spacial score (nSPS) is 9.95. The van der Waals surface area contributed by atoms with Crippen LogP contribution in [0.3, 0.4) is 0 Å². The molecule has 0 aliphatic carbocycles. The standard InChI is InChI=1S/C10H7BrN4O3S/c11-7-4-13-10(19-7)15-9(18)14-6-1-5(8(16)17)2-12-3-6/h1-4H,(H,16,17)(H2,13,14,15,18). The maximum absolute atomic E-state index is 11.6. The maximum Gasteiger partial charge on any atom is 0.337 e. The van der Waals surface area contributed by atoms with Crippen molar-refractivity contribution in [2.75, 3.05) is 10.6 Å². The van der Waals surface area contributed by atoms with E-state index in [-0.39, 0.29) is 11.3 Å². The second-order valence-corrected chi connectivity index (χ2v) is 5.73. The molecule has 2 aromatic rings. The van der Waals surface area contributed by atoms with Gasteiger partial charge in [-0.05, 0) is 22.0 Å². The van der Waals surface area contributed by atoms with Crippen LogP contribution in [-0.2, 0) is 0 Å². The SMILES string of the molecule is O=C(Nc1cncc(C(=O)O)c1)Nc1ncc(Br)s1. The zero-order valence-corrected chi connectivity index (χ0v) is 11.7. The van der Waals surface area contributed by atoms with E-state index >= 15 is 0 Å². The summed E-state index contributed by atoms with van der Waals surface area (Å²) in [5.41, 5.74) is 0.280. The molecule has 0 fully saturated rings. The molecule has 0 aliphatic heterocycles. The molecule has 0 radical (unpaired) electrons. The number of aromatic nitrogens is 2. The van der Waals surface area contributed by atoms with E-state index in [1.54, 1.807) is 6.20 Å². The van der Waals surface area contributed by atoms with Gasteiger partial charge >= 0.3 is 12.0 Å². The smallest absolute Gasteiger partial charge is 0.337 e. The summed E-state index contributed by atoms with van der Waals surface area (Å²) in [4.78, 5) is 30.0. The molecule has 7 nitrogen and oxygen atoms in total. The highest BCUT2D eigenvalue weighted by Gasteiger charge is 2.08. The van der Waals surface area contributed by atoms with Crippen LogP contribution in [0.1, 0.15) is 10.4 Å². The lowest BCUT2D eigenvalue weighted by Gasteiger charge is -2.05. The fourth-order valence-electron chi connectivity index (χ4n) is 1.20. The number of nitrogens with one attached hydrogen (secondary N) is 2. The Balaban J connectivity index is 2.02. The summed E-state index contributed by atoms with van der Waals surface area (Å²) < 4.78 is 0.789. The highest BCUT2D eigenvalue weighted by Crippen LogP contribution is 2.23. The monoisotopic (exact) mass is 342 g/mol. The van der Waals surface area contributed by atoms with Gasteiger partial charge in [0.25, 0.3) is 0 Å². The number of carboxylic acids is 1. The Labute approximate surface area is 119 Å². The minimum absolute atomic E-state index is 0.00482. The number of hydrogen-bond acceptors (Lipinski definition) is 5. The quantitative estimate of drug-likeness (QED) is 0.795. The summed E-state index contributed by atoms with van der Waals surface area (Å²) in [6.45, 7) is 0. The number of amides is 2. The molecule has 0 unspecified atom stereocenters. The van der Waals surface area contributed by atoms with E-state index in [1.807, 2.05) is 0 Å². The number of hydrogen-bond donors (Lipinski definition) is 3. The van der Waals surface area contributed by atoms with Crippen molar-refractivity contribution >= 4 is 50.1 Å². The van der Waals surface area contributed by atoms with E-state index in [1.165, 1.54) is 29.8 Å². The molecule has 0 aromatic carbocycles. The van der Waals surface area contributed by atoms with Crippen molar-refractivity contribution < 1.29 is 14.7 Å². The lowest BCUT2D eigenvalue weighted by atomic mass is 10.3. The number of aromatic carboxylic acids is 1. The number of carboxylic acid groups (broad SMARTS) is 1. The summed E-state index contributed by atoms with van der Waals surface area (Å²) >= 11 is 4.48. The Bertz CT molecular complexity index is 631. The molecule has 0 saturated carbocycles. The number of carbonyl (C=O) groups excluding carboxylic acids is 1. The molecule has 9 heteroatoms. The third-order valence-corrected chi connectivity index (χ3v) is 3.33. The largest absolute Gasteiger partial charge is 0.478 e. The molecule has 2 heterocycles. The van der Waals surface area contributed by atoms with Crippen LogP contribution >= 0.6 is 27.3 Å². The van der Waals surface area contributed by atoms with Crippen molar-refractivity contribution in [3.05, 3.63) is 34.0 Å². The number of nitrogens with zero attached hydrogens (tertiary/aromatic N) is 2. The predicted molar refractivity (Wildman–Crippen MR) is 73.7 cm³/mol. The van der Waals surface area contributed by atoms with Crippen molar-refractivity contribution in [2.45, 2.75) is 0 Å². The third-order valence-electron chi connectivity index (χ3n) is 1.94. The van der Waals surface area contributed by atoms with Crippen LogP contribution in [0.25, 0.3) is 0 Å². The van der Waals surface area contributed by atoms with Gasteiger partial charge in [-0.2, -0.15) is 0 Å². The van der Waals surface area contributed by atoms with Gasteiger partial charge in [-0.25, -0.2) is 14.6 Å². The average molecular weight is 343 g/mol. The maximum atomic E-state index is 11.6. The molecule has 19 heavy (non-hydrogen) atoms. The van der Waals surface area contributed by atoms with Gasteiger partial charge in [0.05, 0.1) is 27.4 Å².